The average Bonchev–Trinajstić information content (AvgIpc) is 2.67. The molecule has 1 aromatic rings. The zero-order valence-electron chi connectivity index (χ0n) is 6.60. The third-order valence-electron chi connectivity index (χ3n) is 2.05. The number of halogens is 2. The van der Waals surface area contributed by atoms with Crippen LogP contribution >= 0.6 is 27.5 Å². The van der Waals surface area contributed by atoms with Crippen LogP contribution in [-0.2, 0) is 10.3 Å². The molecule has 0 aliphatic carbocycles. The highest BCUT2D eigenvalue weighted by atomic mass is 79.9. The van der Waals surface area contributed by atoms with E-state index in [-0.39, 0.29) is 5.60 Å². The zero-order chi connectivity index (χ0) is 8.77. The molecule has 0 radical (unpaired) electrons. The molecule has 12 heavy (non-hydrogen) atoms. The van der Waals surface area contributed by atoms with Gasteiger partial charge in [0.2, 0.25) is 0 Å². The Labute approximate surface area is 84.8 Å². The number of hydrogen-bond donors (Lipinski definition) is 0. The van der Waals surface area contributed by atoms with E-state index >= 15 is 0 Å². The lowest BCUT2D eigenvalue weighted by Crippen LogP contribution is -2.01. The smallest absolute Gasteiger partial charge is 0.114 e. The number of benzene rings is 1. The summed E-state index contributed by atoms with van der Waals surface area (Å²) in [4.78, 5) is 0. The van der Waals surface area contributed by atoms with Crippen molar-refractivity contribution in [2.75, 3.05) is 6.61 Å². The van der Waals surface area contributed by atoms with E-state index in [2.05, 4.69) is 22.9 Å². The van der Waals surface area contributed by atoms with Crippen molar-refractivity contribution in [1.29, 1.82) is 0 Å². The fraction of sp³-hybridized carbons (Fsp3) is 0.333. The minimum atomic E-state index is -0.0899. The number of hydrogen-bond acceptors (Lipinski definition) is 1. The summed E-state index contributed by atoms with van der Waals surface area (Å²) < 4.78 is 6.31. The molecule has 1 aliphatic heterocycles. The Morgan fingerprint density at radius 3 is 2.67 bits per heavy atom. The summed E-state index contributed by atoms with van der Waals surface area (Å²) in [5.74, 6) is 0. The Kier molecular flexibility index (Phi) is 1.94. The van der Waals surface area contributed by atoms with Gasteiger partial charge in [-0.3, -0.25) is 0 Å². The molecule has 1 fully saturated rings. The minimum Gasteiger partial charge on any atom is -0.365 e. The van der Waals surface area contributed by atoms with Gasteiger partial charge in [-0.1, -0.05) is 27.5 Å². The van der Waals surface area contributed by atoms with Crippen molar-refractivity contribution < 1.29 is 4.74 Å². The highest BCUT2D eigenvalue weighted by molar-refractivity contribution is 9.10. The van der Waals surface area contributed by atoms with Gasteiger partial charge in [-0.05, 0) is 30.7 Å². The van der Waals surface area contributed by atoms with E-state index < -0.39 is 0 Å². The summed E-state index contributed by atoms with van der Waals surface area (Å²) in [6.07, 6.45) is 0. The van der Waals surface area contributed by atoms with Gasteiger partial charge >= 0.3 is 0 Å². The highest BCUT2D eigenvalue weighted by Gasteiger charge is 2.41. The molecule has 0 N–H and O–H groups in total. The van der Waals surface area contributed by atoms with Gasteiger partial charge < -0.3 is 4.74 Å². The molecule has 0 saturated carbocycles. The molecule has 0 spiro atoms. The van der Waals surface area contributed by atoms with Crippen molar-refractivity contribution in [3.05, 3.63) is 33.3 Å². The van der Waals surface area contributed by atoms with Gasteiger partial charge in [0.15, 0.2) is 0 Å². The van der Waals surface area contributed by atoms with Crippen LogP contribution in [-0.4, -0.2) is 6.61 Å². The molecule has 1 heterocycles. The monoisotopic (exact) mass is 246 g/mol. The maximum atomic E-state index is 5.90. The zero-order valence-corrected chi connectivity index (χ0v) is 8.95. The van der Waals surface area contributed by atoms with Gasteiger partial charge in [-0.2, -0.15) is 0 Å². The van der Waals surface area contributed by atoms with Crippen LogP contribution in [0.3, 0.4) is 0 Å². The highest BCUT2D eigenvalue weighted by Crippen LogP contribution is 2.39. The van der Waals surface area contributed by atoms with E-state index in [9.17, 15) is 0 Å². The van der Waals surface area contributed by atoms with Crippen molar-refractivity contribution in [2.45, 2.75) is 12.5 Å². The quantitative estimate of drug-likeness (QED) is 0.694. The largest absolute Gasteiger partial charge is 0.365 e. The van der Waals surface area contributed by atoms with Crippen LogP contribution in [0.4, 0.5) is 0 Å². The third-order valence-corrected chi connectivity index (χ3v) is 2.73. The summed E-state index contributed by atoms with van der Waals surface area (Å²) in [5, 5.41) is 0.746. The fourth-order valence-electron chi connectivity index (χ4n) is 1.13. The van der Waals surface area contributed by atoms with Crippen LogP contribution in [0.5, 0.6) is 0 Å². The van der Waals surface area contributed by atoms with Crippen molar-refractivity contribution in [2.24, 2.45) is 0 Å². The molecule has 1 aromatic carbocycles. The van der Waals surface area contributed by atoms with E-state index in [0.29, 0.717) is 0 Å². The topological polar surface area (TPSA) is 12.5 Å². The molecule has 0 amide bonds. The maximum absolute atomic E-state index is 5.90. The van der Waals surface area contributed by atoms with Crippen LogP contribution in [0.25, 0.3) is 0 Å². The number of rotatable bonds is 1. The maximum Gasteiger partial charge on any atom is 0.114 e. The summed E-state index contributed by atoms with van der Waals surface area (Å²) in [5.41, 5.74) is 1.05. The Morgan fingerprint density at radius 1 is 1.50 bits per heavy atom. The van der Waals surface area contributed by atoms with Crippen LogP contribution in [0.1, 0.15) is 12.5 Å². The second-order valence-corrected chi connectivity index (χ2v) is 4.53. The van der Waals surface area contributed by atoms with Crippen LogP contribution in [0.2, 0.25) is 5.02 Å². The summed E-state index contributed by atoms with van der Waals surface area (Å²) in [6.45, 7) is 2.85. The predicted molar refractivity (Wildman–Crippen MR) is 52.5 cm³/mol. The molecular formula is C9H8BrClO. The SMILES string of the molecule is CC1(c2cc(Cl)cc(Br)c2)CO1. The number of ether oxygens (including phenoxy) is 1. The molecule has 64 valence electrons. The molecule has 2 rings (SSSR count). The third kappa shape index (κ3) is 1.51. The molecule has 0 aromatic heterocycles. The Bertz CT molecular complexity index is 300. The van der Waals surface area contributed by atoms with E-state index in [1.54, 1.807) is 0 Å². The first-order chi connectivity index (χ1) is 5.60. The predicted octanol–water partition coefficient (Wildman–Crippen LogP) is 3.35. The van der Waals surface area contributed by atoms with E-state index in [0.717, 1.165) is 21.7 Å². The van der Waals surface area contributed by atoms with Crippen LogP contribution in [0.15, 0.2) is 22.7 Å². The minimum absolute atomic E-state index is 0.0899. The average molecular weight is 248 g/mol. The molecule has 3 heteroatoms. The second-order valence-electron chi connectivity index (χ2n) is 3.18. The van der Waals surface area contributed by atoms with Crippen molar-refractivity contribution in [3.8, 4) is 0 Å². The van der Waals surface area contributed by atoms with E-state index in [1.807, 2.05) is 18.2 Å². The van der Waals surface area contributed by atoms with Gasteiger partial charge in [0, 0.05) is 9.50 Å². The summed E-state index contributed by atoms with van der Waals surface area (Å²) in [7, 11) is 0. The molecule has 1 atom stereocenters. The lowest BCUT2D eigenvalue weighted by atomic mass is 10.0. The van der Waals surface area contributed by atoms with Gasteiger partial charge in [0.05, 0.1) is 6.61 Å². The summed E-state index contributed by atoms with van der Waals surface area (Å²) >= 11 is 9.29. The van der Waals surface area contributed by atoms with Crippen molar-refractivity contribution >= 4 is 27.5 Å². The number of epoxide rings is 1. The fourth-order valence-corrected chi connectivity index (χ4v) is 1.99. The molecule has 1 unspecified atom stereocenters. The van der Waals surface area contributed by atoms with Crippen LogP contribution < -0.4 is 0 Å². The Hall–Kier alpha value is -0.0500. The lowest BCUT2D eigenvalue weighted by Gasteiger charge is -2.06. The second kappa shape index (κ2) is 2.72. The molecular weight excluding hydrogens is 239 g/mol. The molecule has 1 nitrogen and oxygen atoms in total. The Morgan fingerprint density at radius 2 is 2.17 bits per heavy atom. The molecule has 1 saturated heterocycles. The van der Waals surface area contributed by atoms with Gasteiger partial charge in [0.25, 0.3) is 0 Å². The first kappa shape index (κ1) is 8.54. The lowest BCUT2D eigenvalue weighted by molar-refractivity contribution is 0.329. The Balaban J connectivity index is 2.44. The van der Waals surface area contributed by atoms with E-state index in [4.69, 9.17) is 16.3 Å². The van der Waals surface area contributed by atoms with Crippen molar-refractivity contribution in [3.63, 3.8) is 0 Å². The standard InChI is InChI=1S/C9H8BrClO/c1-9(5-12-9)6-2-7(10)4-8(11)3-6/h2-4H,5H2,1H3. The van der Waals surface area contributed by atoms with Crippen molar-refractivity contribution in [1.82, 2.24) is 0 Å². The van der Waals surface area contributed by atoms with Gasteiger partial charge in [0.1, 0.15) is 5.60 Å². The van der Waals surface area contributed by atoms with E-state index in [1.165, 1.54) is 0 Å². The molecule has 0 bridgehead atoms. The summed E-state index contributed by atoms with van der Waals surface area (Å²) in [6, 6.07) is 5.86. The van der Waals surface area contributed by atoms with Gasteiger partial charge in [-0.25, -0.2) is 0 Å². The van der Waals surface area contributed by atoms with Crippen LogP contribution in [0, 0.1) is 0 Å². The molecule has 1 aliphatic rings. The first-order valence-electron chi connectivity index (χ1n) is 3.71. The normalized spacial score (nSPS) is 27.2. The van der Waals surface area contributed by atoms with Gasteiger partial charge in [-0.15, -0.1) is 0 Å². The first-order valence-corrected chi connectivity index (χ1v) is 4.88.